The molecule has 2 rings (SSSR count). The third-order valence-corrected chi connectivity index (χ3v) is 3.96. The average molecular weight is 317 g/mol. The summed E-state index contributed by atoms with van der Waals surface area (Å²) in [6, 6.07) is 5.14. The number of carbonyl (C=O) groups is 1. The number of hydrogen-bond acceptors (Lipinski definition) is 2. The molecule has 0 radical (unpaired) electrons. The number of rotatable bonds is 2. The van der Waals surface area contributed by atoms with Crippen LogP contribution in [0.25, 0.3) is 0 Å². The Bertz CT molecular complexity index is 601. The molecule has 0 unspecified atom stereocenters. The molecule has 0 aromatic heterocycles. The number of benzene rings is 1. The van der Waals surface area contributed by atoms with Gasteiger partial charge in [0.2, 0.25) is 5.91 Å². The van der Waals surface area contributed by atoms with Gasteiger partial charge in [0.05, 0.1) is 16.7 Å². The molecule has 0 bridgehead atoms. The van der Waals surface area contributed by atoms with Gasteiger partial charge in [0, 0.05) is 5.69 Å². The zero-order valence-electron chi connectivity index (χ0n) is 10.9. The highest BCUT2D eigenvalue weighted by molar-refractivity contribution is 6.31. The zero-order valence-corrected chi connectivity index (χ0v) is 11.7. The Morgan fingerprint density at radius 2 is 1.95 bits per heavy atom. The molecular weight excluding hydrogens is 305 g/mol. The number of nitrogens with zero attached hydrogens (tertiary/aromatic N) is 1. The first kappa shape index (κ1) is 15.6. The molecule has 1 aliphatic carbocycles. The molecule has 112 valence electrons. The summed E-state index contributed by atoms with van der Waals surface area (Å²) in [6.07, 6.45) is -2.23. The molecule has 1 aliphatic rings. The van der Waals surface area contributed by atoms with Gasteiger partial charge < -0.3 is 5.32 Å². The molecule has 0 spiro atoms. The van der Waals surface area contributed by atoms with E-state index < -0.39 is 28.1 Å². The van der Waals surface area contributed by atoms with Crippen molar-refractivity contribution in [2.75, 3.05) is 5.32 Å². The Kier molecular flexibility index (Phi) is 4.15. The number of amides is 1. The number of halogens is 4. The van der Waals surface area contributed by atoms with Crippen molar-refractivity contribution in [3.05, 3.63) is 28.8 Å². The fraction of sp³-hybridized carbons (Fsp3) is 0.429. The maximum absolute atomic E-state index is 12.8. The van der Waals surface area contributed by atoms with E-state index in [0.717, 1.165) is 25.0 Å². The molecule has 0 heterocycles. The van der Waals surface area contributed by atoms with E-state index in [4.69, 9.17) is 11.6 Å². The van der Waals surface area contributed by atoms with Crippen molar-refractivity contribution >= 4 is 23.2 Å². The summed E-state index contributed by atoms with van der Waals surface area (Å²) in [6.45, 7) is 0. The third-order valence-electron chi connectivity index (χ3n) is 3.64. The first-order valence-corrected chi connectivity index (χ1v) is 6.76. The Hall–Kier alpha value is -1.74. The SMILES string of the molecule is N#CC1(C(=O)Nc2ccc(Cl)c(C(F)(F)F)c2)CCCC1. The minimum Gasteiger partial charge on any atom is -0.325 e. The minimum atomic E-state index is -4.60. The predicted molar refractivity (Wildman–Crippen MR) is 71.6 cm³/mol. The van der Waals surface area contributed by atoms with Crippen molar-refractivity contribution in [2.24, 2.45) is 5.41 Å². The highest BCUT2D eigenvalue weighted by Gasteiger charge is 2.41. The van der Waals surface area contributed by atoms with Crippen LogP contribution < -0.4 is 5.32 Å². The molecule has 1 aromatic rings. The molecule has 3 nitrogen and oxygen atoms in total. The van der Waals surface area contributed by atoms with Gasteiger partial charge in [-0.1, -0.05) is 24.4 Å². The maximum Gasteiger partial charge on any atom is 0.417 e. The van der Waals surface area contributed by atoms with Crippen molar-refractivity contribution in [3.63, 3.8) is 0 Å². The fourth-order valence-corrected chi connectivity index (χ4v) is 2.66. The summed E-state index contributed by atoms with van der Waals surface area (Å²) in [4.78, 5) is 12.2. The van der Waals surface area contributed by atoms with Crippen LogP contribution in [0, 0.1) is 16.7 Å². The predicted octanol–water partition coefficient (Wildman–Crippen LogP) is 4.38. The second kappa shape index (κ2) is 5.57. The number of nitrogens with one attached hydrogen (secondary N) is 1. The van der Waals surface area contributed by atoms with Gasteiger partial charge in [-0.15, -0.1) is 0 Å². The standard InChI is InChI=1S/C14H12ClF3N2O/c15-11-4-3-9(7-10(11)14(16,17)18)20-12(21)13(8-19)5-1-2-6-13/h3-4,7H,1-2,5-6H2,(H,20,21). The van der Waals surface area contributed by atoms with Crippen LogP contribution in [0.5, 0.6) is 0 Å². The van der Waals surface area contributed by atoms with Crippen LogP contribution in [0.3, 0.4) is 0 Å². The van der Waals surface area contributed by atoms with E-state index in [2.05, 4.69) is 5.32 Å². The normalized spacial score (nSPS) is 17.3. The zero-order chi connectivity index (χ0) is 15.7. The molecular formula is C14H12ClF3N2O. The first-order valence-electron chi connectivity index (χ1n) is 6.38. The molecule has 1 aromatic carbocycles. The summed E-state index contributed by atoms with van der Waals surface area (Å²) in [5.74, 6) is -0.557. The van der Waals surface area contributed by atoms with E-state index in [1.807, 2.05) is 6.07 Å². The molecule has 0 saturated heterocycles. The van der Waals surface area contributed by atoms with Gasteiger partial charge in [-0.2, -0.15) is 18.4 Å². The molecule has 21 heavy (non-hydrogen) atoms. The summed E-state index contributed by atoms with van der Waals surface area (Å²) < 4.78 is 38.3. The van der Waals surface area contributed by atoms with E-state index in [0.29, 0.717) is 12.8 Å². The smallest absolute Gasteiger partial charge is 0.325 e. The van der Waals surface area contributed by atoms with Gasteiger partial charge in [0.25, 0.3) is 0 Å². The number of anilines is 1. The lowest BCUT2D eigenvalue weighted by Gasteiger charge is -2.20. The van der Waals surface area contributed by atoms with Gasteiger partial charge >= 0.3 is 6.18 Å². The van der Waals surface area contributed by atoms with Gasteiger partial charge in [-0.05, 0) is 31.0 Å². The van der Waals surface area contributed by atoms with Gasteiger partial charge in [-0.25, -0.2) is 0 Å². The fourth-order valence-electron chi connectivity index (χ4n) is 2.44. The van der Waals surface area contributed by atoms with E-state index >= 15 is 0 Å². The summed E-state index contributed by atoms with van der Waals surface area (Å²) in [7, 11) is 0. The molecule has 1 saturated carbocycles. The Labute approximate surface area is 124 Å². The van der Waals surface area contributed by atoms with Crippen LogP contribution in [-0.2, 0) is 11.0 Å². The lowest BCUT2D eigenvalue weighted by Crippen LogP contribution is -2.32. The second-order valence-corrected chi connectivity index (χ2v) is 5.45. The van der Waals surface area contributed by atoms with E-state index in [1.54, 1.807) is 0 Å². The molecule has 0 atom stereocenters. The van der Waals surface area contributed by atoms with Crippen molar-refractivity contribution in [3.8, 4) is 6.07 Å². The molecule has 7 heteroatoms. The van der Waals surface area contributed by atoms with Crippen LogP contribution in [0.1, 0.15) is 31.2 Å². The van der Waals surface area contributed by atoms with Gasteiger partial charge in [0.1, 0.15) is 5.41 Å². The van der Waals surface area contributed by atoms with E-state index in [-0.39, 0.29) is 5.69 Å². The van der Waals surface area contributed by atoms with Crippen molar-refractivity contribution in [2.45, 2.75) is 31.9 Å². The Morgan fingerprint density at radius 1 is 1.33 bits per heavy atom. The lowest BCUT2D eigenvalue weighted by molar-refractivity contribution is -0.137. The minimum absolute atomic E-state index is 0.0155. The second-order valence-electron chi connectivity index (χ2n) is 5.05. The number of hydrogen-bond donors (Lipinski definition) is 1. The molecule has 0 aliphatic heterocycles. The van der Waals surface area contributed by atoms with E-state index in [9.17, 15) is 23.2 Å². The van der Waals surface area contributed by atoms with Crippen LogP contribution in [0.2, 0.25) is 5.02 Å². The summed E-state index contributed by atoms with van der Waals surface area (Å²) in [5.41, 5.74) is -2.17. The maximum atomic E-state index is 12.8. The largest absolute Gasteiger partial charge is 0.417 e. The van der Waals surface area contributed by atoms with Crippen molar-refractivity contribution < 1.29 is 18.0 Å². The molecule has 1 fully saturated rings. The number of carbonyl (C=O) groups excluding carboxylic acids is 1. The van der Waals surface area contributed by atoms with Crippen molar-refractivity contribution in [1.29, 1.82) is 5.26 Å². The lowest BCUT2D eigenvalue weighted by atomic mass is 9.87. The number of alkyl halides is 3. The highest BCUT2D eigenvalue weighted by atomic mass is 35.5. The average Bonchev–Trinajstić information content (AvgIpc) is 2.89. The van der Waals surface area contributed by atoms with Crippen LogP contribution in [-0.4, -0.2) is 5.91 Å². The molecule has 1 amide bonds. The highest BCUT2D eigenvalue weighted by Crippen LogP contribution is 2.40. The van der Waals surface area contributed by atoms with Crippen LogP contribution in [0.15, 0.2) is 18.2 Å². The van der Waals surface area contributed by atoms with Crippen molar-refractivity contribution in [1.82, 2.24) is 0 Å². The monoisotopic (exact) mass is 316 g/mol. The van der Waals surface area contributed by atoms with Crippen LogP contribution in [0.4, 0.5) is 18.9 Å². The Morgan fingerprint density at radius 3 is 2.48 bits per heavy atom. The topological polar surface area (TPSA) is 52.9 Å². The third kappa shape index (κ3) is 3.13. The summed E-state index contributed by atoms with van der Waals surface area (Å²) >= 11 is 5.51. The first-order chi connectivity index (χ1) is 9.78. The van der Waals surface area contributed by atoms with Gasteiger partial charge in [0.15, 0.2) is 0 Å². The summed E-state index contributed by atoms with van der Waals surface area (Å²) in [5, 5.41) is 11.1. The number of nitriles is 1. The van der Waals surface area contributed by atoms with Gasteiger partial charge in [-0.3, -0.25) is 4.79 Å². The van der Waals surface area contributed by atoms with E-state index in [1.165, 1.54) is 6.07 Å². The Balaban J connectivity index is 2.25. The molecule has 1 N–H and O–H groups in total. The quantitative estimate of drug-likeness (QED) is 0.880. The van der Waals surface area contributed by atoms with Crippen LogP contribution >= 0.6 is 11.6 Å².